The van der Waals surface area contributed by atoms with Crippen molar-refractivity contribution in [2.45, 2.75) is 17.9 Å². The van der Waals surface area contributed by atoms with Gasteiger partial charge in [-0.1, -0.05) is 11.6 Å². The van der Waals surface area contributed by atoms with Gasteiger partial charge >= 0.3 is 5.38 Å². The number of hydrogen-bond acceptors (Lipinski definition) is 1. The van der Waals surface area contributed by atoms with Gasteiger partial charge in [-0.3, -0.25) is 0 Å². The molecular formula is C9H7Cl2F3O. The summed E-state index contributed by atoms with van der Waals surface area (Å²) >= 11 is 10.2. The Balaban J connectivity index is 2.85. The molecule has 1 unspecified atom stereocenters. The molecule has 1 aromatic carbocycles. The average molecular weight is 259 g/mol. The summed E-state index contributed by atoms with van der Waals surface area (Å²) in [5.74, 6) is -0.612. The predicted molar refractivity (Wildman–Crippen MR) is 51.9 cm³/mol. The average Bonchev–Trinajstić information content (AvgIpc) is 2.09. The van der Waals surface area contributed by atoms with Crippen molar-refractivity contribution >= 4 is 23.2 Å². The van der Waals surface area contributed by atoms with Crippen molar-refractivity contribution < 1.29 is 18.3 Å². The van der Waals surface area contributed by atoms with Gasteiger partial charge in [-0.25, -0.2) is 4.39 Å². The second kappa shape index (κ2) is 4.60. The number of aliphatic hydroxyl groups is 1. The highest BCUT2D eigenvalue weighted by molar-refractivity contribution is 6.31. The molecule has 0 aliphatic rings. The Kier molecular flexibility index (Phi) is 3.87. The van der Waals surface area contributed by atoms with Crippen molar-refractivity contribution in [3.05, 3.63) is 34.6 Å². The molecule has 0 radical (unpaired) electrons. The van der Waals surface area contributed by atoms with Crippen LogP contribution in [-0.4, -0.2) is 16.6 Å². The number of hydrogen-bond donors (Lipinski definition) is 1. The lowest BCUT2D eigenvalue weighted by atomic mass is 10.1. The zero-order valence-corrected chi connectivity index (χ0v) is 8.87. The SMILES string of the molecule is OC(Cc1cc(F)ccc1Cl)C(F)(F)Cl. The van der Waals surface area contributed by atoms with E-state index in [1.54, 1.807) is 0 Å². The summed E-state index contributed by atoms with van der Waals surface area (Å²) in [4.78, 5) is 0. The molecule has 0 aromatic heterocycles. The molecule has 1 aromatic rings. The third-order valence-corrected chi connectivity index (χ3v) is 2.42. The zero-order chi connectivity index (χ0) is 11.6. The molecule has 0 fully saturated rings. The molecule has 0 aliphatic carbocycles. The second-order valence-electron chi connectivity index (χ2n) is 3.00. The third kappa shape index (κ3) is 3.55. The van der Waals surface area contributed by atoms with E-state index in [2.05, 4.69) is 11.6 Å². The summed E-state index contributed by atoms with van der Waals surface area (Å²) < 4.78 is 37.6. The topological polar surface area (TPSA) is 20.2 Å². The highest BCUT2D eigenvalue weighted by atomic mass is 35.5. The lowest BCUT2D eigenvalue weighted by Crippen LogP contribution is -2.29. The molecule has 0 aliphatic heterocycles. The first-order chi connectivity index (χ1) is 6.80. The number of halogens is 5. The van der Waals surface area contributed by atoms with E-state index in [0.29, 0.717) is 0 Å². The van der Waals surface area contributed by atoms with Crippen LogP contribution in [-0.2, 0) is 6.42 Å². The first-order valence-electron chi connectivity index (χ1n) is 3.99. The smallest absolute Gasteiger partial charge is 0.347 e. The van der Waals surface area contributed by atoms with Crippen molar-refractivity contribution in [1.82, 2.24) is 0 Å². The number of alkyl halides is 3. The first kappa shape index (κ1) is 12.6. The van der Waals surface area contributed by atoms with Crippen LogP contribution in [0.5, 0.6) is 0 Å². The van der Waals surface area contributed by atoms with Gasteiger partial charge in [0.15, 0.2) is 0 Å². The van der Waals surface area contributed by atoms with Gasteiger partial charge < -0.3 is 5.11 Å². The van der Waals surface area contributed by atoms with Crippen LogP contribution in [0.1, 0.15) is 5.56 Å². The summed E-state index contributed by atoms with van der Waals surface area (Å²) in [5, 5.41) is 5.34. The molecule has 0 spiro atoms. The Morgan fingerprint density at radius 1 is 1.40 bits per heavy atom. The van der Waals surface area contributed by atoms with Crippen LogP contribution in [0.4, 0.5) is 13.2 Å². The summed E-state index contributed by atoms with van der Waals surface area (Å²) in [6.07, 6.45) is -2.61. The minimum absolute atomic E-state index is 0.0875. The molecular weight excluding hydrogens is 252 g/mol. The van der Waals surface area contributed by atoms with Crippen LogP contribution < -0.4 is 0 Å². The number of aliphatic hydroxyl groups excluding tert-OH is 1. The van der Waals surface area contributed by atoms with Gasteiger partial charge in [-0.2, -0.15) is 8.78 Å². The van der Waals surface area contributed by atoms with Crippen LogP contribution in [0.25, 0.3) is 0 Å². The van der Waals surface area contributed by atoms with E-state index in [1.165, 1.54) is 6.07 Å². The van der Waals surface area contributed by atoms with E-state index < -0.39 is 23.7 Å². The minimum Gasteiger partial charge on any atom is -0.385 e. The number of benzene rings is 1. The van der Waals surface area contributed by atoms with Crippen LogP contribution in [0.2, 0.25) is 5.02 Å². The lowest BCUT2D eigenvalue weighted by Gasteiger charge is -2.16. The lowest BCUT2D eigenvalue weighted by molar-refractivity contribution is -0.0397. The molecule has 0 amide bonds. The molecule has 1 atom stereocenters. The Hall–Kier alpha value is -0.450. The quantitative estimate of drug-likeness (QED) is 0.826. The molecule has 6 heteroatoms. The molecule has 0 bridgehead atoms. The van der Waals surface area contributed by atoms with Crippen LogP contribution in [0, 0.1) is 5.82 Å². The first-order valence-corrected chi connectivity index (χ1v) is 4.75. The van der Waals surface area contributed by atoms with Crippen molar-refractivity contribution in [3.8, 4) is 0 Å². The Morgan fingerprint density at radius 3 is 2.53 bits per heavy atom. The molecule has 1 rings (SSSR count). The van der Waals surface area contributed by atoms with Gasteiger partial charge in [-0.05, 0) is 35.4 Å². The van der Waals surface area contributed by atoms with E-state index in [-0.39, 0.29) is 10.6 Å². The largest absolute Gasteiger partial charge is 0.385 e. The molecule has 1 N–H and O–H groups in total. The van der Waals surface area contributed by atoms with Gasteiger partial charge in [0.2, 0.25) is 0 Å². The summed E-state index contributed by atoms with van der Waals surface area (Å²) in [5.41, 5.74) is 0.0875. The van der Waals surface area contributed by atoms with Crippen molar-refractivity contribution in [1.29, 1.82) is 0 Å². The van der Waals surface area contributed by atoms with Crippen molar-refractivity contribution in [2.24, 2.45) is 0 Å². The normalized spacial score (nSPS) is 14.0. The van der Waals surface area contributed by atoms with Crippen LogP contribution in [0.3, 0.4) is 0 Å². The van der Waals surface area contributed by atoms with E-state index in [9.17, 15) is 13.2 Å². The summed E-state index contributed by atoms with van der Waals surface area (Å²) in [6, 6.07) is 3.30. The third-order valence-electron chi connectivity index (χ3n) is 1.80. The molecule has 0 saturated heterocycles. The molecule has 84 valence electrons. The van der Waals surface area contributed by atoms with Gasteiger partial charge in [0.05, 0.1) is 0 Å². The van der Waals surface area contributed by atoms with Gasteiger partial charge in [0.25, 0.3) is 0 Å². The van der Waals surface area contributed by atoms with E-state index >= 15 is 0 Å². The Morgan fingerprint density at radius 2 is 2.00 bits per heavy atom. The molecule has 0 heterocycles. The fourth-order valence-corrected chi connectivity index (χ4v) is 1.30. The highest BCUT2D eigenvalue weighted by Crippen LogP contribution is 2.28. The van der Waals surface area contributed by atoms with E-state index in [4.69, 9.17) is 16.7 Å². The Labute approximate surface area is 94.4 Å². The van der Waals surface area contributed by atoms with E-state index in [0.717, 1.165) is 12.1 Å². The molecule has 0 saturated carbocycles. The summed E-state index contributed by atoms with van der Waals surface area (Å²) in [7, 11) is 0. The maximum atomic E-state index is 12.7. The maximum absolute atomic E-state index is 12.7. The van der Waals surface area contributed by atoms with Gasteiger partial charge in [-0.15, -0.1) is 0 Å². The maximum Gasteiger partial charge on any atom is 0.347 e. The van der Waals surface area contributed by atoms with Crippen LogP contribution >= 0.6 is 23.2 Å². The predicted octanol–water partition coefficient (Wildman–Crippen LogP) is 3.21. The van der Waals surface area contributed by atoms with Crippen molar-refractivity contribution in [3.63, 3.8) is 0 Å². The standard InChI is InChI=1S/C9H7Cl2F3O/c10-7-2-1-6(12)3-5(7)4-8(15)9(11,13)14/h1-3,8,15H,4H2. The van der Waals surface area contributed by atoms with Crippen molar-refractivity contribution in [2.75, 3.05) is 0 Å². The molecule has 1 nitrogen and oxygen atoms in total. The molecule has 15 heavy (non-hydrogen) atoms. The fourth-order valence-electron chi connectivity index (χ4n) is 1.02. The monoisotopic (exact) mass is 258 g/mol. The number of rotatable bonds is 3. The Bertz CT molecular complexity index is 352. The van der Waals surface area contributed by atoms with E-state index in [1.807, 2.05) is 0 Å². The summed E-state index contributed by atoms with van der Waals surface area (Å²) in [6.45, 7) is 0. The fraction of sp³-hybridized carbons (Fsp3) is 0.333. The zero-order valence-electron chi connectivity index (χ0n) is 7.35. The van der Waals surface area contributed by atoms with Crippen LogP contribution in [0.15, 0.2) is 18.2 Å². The highest BCUT2D eigenvalue weighted by Gasteiger charge is 2.35. The second-order valence-corrected chi connectivity index (χ2v) is 3.91. The van der Waals surface area contributed by atoms with Gasteiger partial charge in [0.1, 0.15) is 11.9 Å². The van der Waals surface area contributed by atoms with Gasteiger partial charge in [0, 0.05) is 11.4 Å². The minimum atomic E-state index is -3.75.